The summed E-state index contributed by atoms with van der Waals surface area (Å²) in [6.07, 6.45) is 0.760. The maximum atomic E-state index is 12.6. The molecule has 0 amide bonds. The SMILES string of the molecule is Cc1cccc(C)c1OS(=O)(=O)c1ccc2c(c1)OCCCO2. The van der Waals surface area contributed by atoms with Gasteiger partial charge in [-0.3, -0.25) is 0 Å². The van der Waals surface area contributed by atoms with Gasteiger partial charge in [0.1, 0.15) is 10.6 Å². The van der Waals surface area contributed by atoms with Gasteiger partial charge in [0.2, 0.25) is 0 Å². The maximum Gasteiger partial charge on any atom is 0.339 e. The normalized spacial score (nSPS) is 14.2. The van der Waals surface area contributed by atoms with E-state index < -0.39 is 10.1 Å². The molecule has 0 atom stereocenters. The standard InChI is InChI=1S/C17H18O5S/c1-12-5-3-6-13(2)17(12)22-23(18,19)14-7-8-15-16(11-14)21-10-4-9-20-15/h3,5-8,11H,4,9-10H2,1-2H3. The van der Waals surface area contributed by atoms with Gasteiger partial charge in [0, 0.05) is 12.5 Å². The minimum Gasteiger partial charge on any atom is -0.490 e. The van der Waals surface area contributed by atoms with Gasteiger partial charge in [-0.15, -0.1) is 0 Å². The van der Waals surface area contributed by atoms with Crippen LogP contribution in [0.4, 0.5) is 0 Å². The molecule has 0 aliphatic carbocycles. The summed E-state index contributed by atoms with van der Waals surface area (Å²) in [7, 11) is -3.94. The number of rotatable bonds is 3. The van der Waals surface area contributed by atoms with E-state index in [1.54, 1.807) is 6.07 Å². The van der Waals surface area contributed by atoms with Crippen LogP contribution in [0, 0.1) is 13.8 Å². The van der Waals surface area contributed by atoms with Crippen LogP contribution >= 0.6 is 0 Å². The highest BCUT2D eigenvalue weighted by atomic mass is 32.2. The largest absolute Gasteiger partial charge is 0.490 e. The van der Waals surface area contributed by atoms with Gasteiger partial charge in [-0.1, -0.05) is 18.2 Å². The lowest BCUT2D eigenvalue weighted by atomic mass is 10.1. The molecule has 0 unspecified atom stereocenters. The Bertz CT molecular complexity index is 807. The van der Waals surface area contributed by atoms with E-state index in [9.17, 15) is 8.42 Å². The summed E-state index contributed by atoms with van der Waals surface area (Å²) in [5.74, 6) is 1.34. The van der Waals surface area contributed by atoms with Gasteiger partial charge >= 0.3 is 10.1 Å². The molecule has 1 aliphatic rings. The van der Waals surface area contributed by atoms with Crippen LogP contribution in [-0.4, -0.2) is 21.6 Å². The smallest absolute Gasteiger partial charge is 0.339 e. The van der Waals surface area contributed by atoms with Gasteiger partial charge in [0.15, 0.2) is 11.5 Å². The molecular formula is C17H18O5S. The summed E-state index contributed by atoms with van der Waals surface area (Å²) < 4.78 is 41.5. The summed E-state index contributed by atoms with van der Waals surface area (Å²) in [6, 6.07) is 10.00. The average molecular weight is 334 g/mol. The Morgan fingerprint density at radius 3 is 2.30 bits per heavy atom. The van der Waals surface area contributed by atoms with Crippen molar-refractivity contribution in [1.29, 1.82) is 0 Å². The Morgan fingerprint density at radius 1 is 0.957 bits per heavy atom. The molecule has 1 aliphatic heterocycles. The van der Waals surface area contributed by atoms with Crippen LogP contribution in [0.3, 0.4) is 0 Å². The zero-order valence-electron chi connectivity index (χ0n) is 13.0. The topological polar surface area (TPSA) is 61.8 Å². The first-order chi connectivity index (χ1) is 11.0. The van der Waals surface area contributed by atoms with Crippen molar-refractivity contribution in [3.05, 3.63) is 47.5 Å². The lowest BCUT2D eigenvalue weighted by Gasteiger charge is -2.13. The molecule has 0 N–H and O–H groups in total. The predicted molar refractivity (Wildman–Crippen MR) is 85.8 cm³/mol. The van der Waals surface area contributed by atoms with Crippen LogP contribution in [0.1, 0.15) is 17.5 Å². The summed E-state index contributed by atoms with van der Waals surface area (Å²) in [4.78, 5) is 0.0457. The molecule has 2 aromatic carbocycles. The first-order valence-electron chi connectivity index (χ1n) is 7.38. The molecule has 0 saturated carbocycles. The maximum absolute atomic E-state index is 12.6. The van der Waals surface area contributed by atoms with Crippen LogP contribution in [0.2, 0.25) is 0 Å². The zero-order valence-corrected chi connectivity index (χ0v) is 13.9. The Balaban J connectivity index is 1.95. The number of aryl methyl sites for hydroxylation is 2. The van der Waals surface area contributed by atoms with Gasteiger partial charge in [-0.25, -0.2) is 0 Å². The number of hydrogen-bond acceptors (Lipinski definition) is 5. The van der Waals surface area contributed by atoms with Gasteiger partial charge in [-0.2, -0.15) is 8.42 Å². The Labute approximate surface area is 135 Å². The molecule has 0 fully saturated rings. The Hall–Kier alpha value is -2.21. The lowest BCUT2D eigenvalue weighted by Crippen LogP contribution is -2.11. The number of fused-ring (bicyclic) bond motifs is 1. The minimum absolute atomic E-state index is 0.0457. The highest BCUT2D eigenvalue weighted by molar-refractivity contribution is 7.87. The summed E-state index contributed by atoms with van der Waals surface area (Å²) >= 11 is 0. The molecule has 0 saturated heterocycles. The fraction of sp³-hybridized carbons (Fsp3) is 0.294. The Morgan fingerprint density at radius 2 is 1.61 bits per heavy atom. The van der Waals surface area contributed by atoms with E-state index >= 15 is 0 Å². The van der Waals surface area contributed by atoms with Crippen LogP contribution in [0.25, 0.3) is 0 Å². The molecule has 5 nitrogen and oxygen atoms in total. The predicted octanol–water partition coefficient (Wildman–Crippen LogP) is 3.23. The van der Waals surface area contributed by atoms with E-state index in [0.717, 1.165) is 17.5 Å². The average Bonchev–Trinajstić information content (AvgIpc) is 2.75. The summed E-state index contributed by atoms with van der Waals surface area (Å²) in [5, 5.41) is 0. The van der Waals surface area contributed by atoms with Crippen molar-refractivity contribution in [2.45, 2.75) is 25.2 Å². The fourth-order valence-corrected chi connectivity index (χ4v) is 3.45. The summed E-state index contributed by atoms with van der Waals surface area (Å²) in [6.45, 7) is 4.67. The van der Waals surface area contributed by atoms with E-state index in [2.05, 4.69) is 0 Å². The molecule has 3 rings (SSSR count). The zero-order chi connectivity index (χ0) is 16.4. The third-order valence-corrected chi connectivity index (χ3v) is 4.83. The molecule has 1 heterocycles. The van der Waals surface area contributed by atoms with Crippen molar-refractivity contribution in [3.63, 3.8) is 0 Å². The second-order valence-corrected chi connectivity index (χ2v) is 6.96. The first kappa shape index (κ1) is 15.7. The third kappa shape index (κ3) is 3.27. The second-order valence-electron chi connectivity index (χ2n) is 5.42. The summed E-state index contributed by atoms with van der Waals surface area (Å²) in [5.41, 5.74) is 1.53. The monoisotopic (exact) mass is 334 g/mol. The van der Waals surface area contributed by atoms with Crippen LogP contribution in [-0.2, 0) is 10.1 Å². The van der Waals surface area contributed by atoms with Gasteiger partial charge < -0.3 is 13.7 Å². The number of hydrogen-bond donors (Lipinski definition) is 0. The van der Waals surface area contributed by atoms with Gasteiger partial charge in [0.25, 0.3) is 0 Å². The van der Waals surface area contributed by atoms with Crippen molar-refractivity contribution in [3.8, 4) is 17.2 Å². The molecule has 2 aromatic rings. The first-order valence-corrected chi connectivity index (χ1v) is 8.78. The van der Waals surface area contributed by atoms with Crippen molar-refractivity contribution >= 4 is 10.1 Å². The number of para-hydroxylation sites is 1. The molecule has 6 heteroatoms. The van der Waals surface area contributed by atoms with E-state index in [0.29, 0.717) is 30.5 Å². The van der Waals surface area contributed by atoms with Gasteiger partial charge in [0.05, 0.1) is 13.2 Å². The van der Waals surface area contributed by atoms with Crippen molar-refractivity contribution in [1.82, 2.24) is 0 Å². The van der Waals surface area contributed by atoms with Crippen molar-refractivity contribution in [2.24, 2.45) is 0 Å². The van der Waals surface area contributed by atoms with Crippen molar-refractivity contribution in [2.75, 3.05) is 13.2 Å². The van der Waals surface area contributed by atoms with Crippen LogP contribution in [0.5, 0.6) is 17.2 Å². The minimum atomic E-state index is -3.94. The van der Waals surface area contributed by atoms with E-state index in [1.807, 2.05) is 32.0 Å². The highest BCUT2D eigenvalue weighted by Gasteiger charge is 2.22. The van der Waals surface area contributed by atoms with Crippen molar-refractivity contribution < 1.29 is 22.1 Å². The third-order valence-electron chi connectivity index (χ3n) is 3.61. The number of ether oxygens (including phenoxy) is 2. The second kappa shape index (κ2) is 6.12. The molecule has 122 valence electrons. The molecule has 0 spiro atoms. The fourth-order valence-electron chi connectivity index (χ4n) is 2.39. The van der Waals surface area contributed by atoms with E-state index in [1.165, 1.54) is 12.1 Å². The molecule has 23 heavy (non-hydrogen) atoms. The quantitative estimate of drug-likeness (QED) is 0.807. The van der Waals surface area contributed by atoms with E-state index in [-0.39, 0.29) is 4.90 Å². The molecule has 0 bridgehead atoms. The lowest BCUT2D eigenvalue weighted by molar-refractivity contribution is 0.296. The number of benzene rings is 2. The van der Waals surface area contributed by atoms with Gasteiger partial charge in [-0.05, 0) is 37.1 Å². The molecule has 0 radical (unpaired) electrons. The van der Waals surface area contributed by atoms with E-state index in [4.69, 9.17) is 13.7 Å². The Kier molecular flexibility index (Phi) is 4.17. The highest BCUT2D eigenvalue weighted by Crippen LogP contribution is 2.33. The molecular weight excluding hydrogens is 316 g/mol. The van der Waals surface area contributed by atoms with Crippen LogP contribution < -0.4 is 13.7 Å². The van der Waals surface area contributed by atoms with Crippen LogP contribution in [0.15, 0.2) is 41.3 Å². The molecule has 0 aromatic heterocycles.